The lowest BCUT2D eigenvalue weighted by Gasteiger charge is -2.25. The maximum Gasteiger partial charge on any atom is 0.000984 e. The van der Waals surface area contributed by atoms with Gasteiger partial charge in [0.2, 0.25) is 0 Å². The highest BCUT2D eigenvalue weighted by molar-refractivity contribution is 7.99. The molecule has 84 valence electrons. The first-order valence-corrected chi connectivity index (χ1v) is 7.32. The van der Waals surface area contributed by atoms with Gasteiger partial charge in [-0.25, -0.2) is 0 Å². The molecule has 0 spiro atoms. The molecule has 1 atom stereocenters. The van der Waals surface area contributed by atoms with E-state index >= 15 is 0 Å². The van der Waals surface area contributed by atoms with Gasteiger partial charge in [0.1, 0.15) is 0 Å². The summed E-state index contributed by atoms with van der Waals surface area (Å²) in [5, 5.41) is 0. The van der Waals surface area contributed by atoms with Crippen LogP contribution in [0.5, 0.6) is 0 Å². The van der Waals surface area contributed by atoms with Crippen LogP contribution < -0.4 is 0 Å². The number of hydrogen-bond donors (Lipinski definition) is 0. The molecule has 1 nitrogen and oxygen atoms in total. The van der Waals surface area contributed by atoms with Crippen LogP contribution in [0.25, 0.3) is 0 Å². The summed E-state index contributed by atoms with van der Waals surface area (Å²) in [6, 6.07) is 0. The van der Waals surface area contributed by atoms with E-state index in [-0.39, 0.29) is 0 Å². The Bertz CT molecular complexity index is 130. The lowest BCUT2D eigenvalue weighted by atomic mass is 10.00. The highest BCUT2D eigenvalue weighted by atomic mass is 32.2. The molecule has 14 heavy (non-hydrogen) atoms. The largest absolute Gasteiger partial charge is 0.303 e. The monoisotopic (exact) mass is 215 g/mol. The molecule has 1 fully saturated rings. The van der Waals surface area contributed by atoms with Gasteiger partial charge in [-0.1, -0.05) is 13.8 Å². The fraction of sp³-hybridized carbons (Fsp3) is 1.00. The van der Waals surface area contributed by atoms with Crippen molar-refractivity contribution in [3.63, 3.8) is 0 Å². The number of nitrogens with zero attached hydrogens (tertiary/aromatic N) is 1. The fourth-order valence-corrected chi connectivity index (χ4v) is 3.29. The van der Waals surface area contributed by atoms with Crippen molar-refractivity contribution in [2.45, 2.75) is 39.5 Å². The zero-order valence-corrected chi connectivity index (χ0v) is 10.6. The summed E-state index contributed by atoms with van der Waals surface area (Å²) in [7, 11) is 0. The van der Waals surface area contributed by atoms with Crippen molar-refractivity contribution in [1.82, 2.24) is 4.90 Å². The molecular formula is C12H25NS. The summed E-state index contributed by atoms with van der Waals surface area (Å²) in [5.74, 6) is 3.78. The van der Waals surface area contributed by atoms with E-state index in [4.69, 9.17) is 0 Å². The van der Waals surface area contributed by atoms with E-state index in [1.165, 1.54) is 56.8 Å². The predicted octanol–water partition coefficient (Wildman–Crippen LogP) is 3.25. The Hall–Kier alpha value is 0.310. The molecule has 1 aliphatic heterocycles. The quantitative estimate of drug-likeness (QED) is 0.692. The first-order valence-electron chi connectivity index (χ1n) is 6.16. The van der Waals surface area contributed by atoms with Crippen LogP contribution in [0.3, 0.4) is 0 Å². The highest BCUT2D eigenvalue weighted by Gasteiger charge is 2.14. The first-order chi connectivity index (χ1) is 6.86. The Kier molecular flexibility index (Phi) is 6.70. The second-order valence-corrected chi connectivity index (χ2v) is 5.53. The smallest absolute Gasteiger partial charge is 0.000984 e. The Morgan fingerprint density at radius 1 is 1.21 bits per heavy atom. The van der Waals surface area contributed by atoms with E-state index < -0.39 is 0 Å². The average molecular weight is 215 g/mol. The van der Waals surface area contributed by atoms with Crippen LogP contribution in [-0.4, -0.2) is 36.0 Å². The number of hydrogen-bond acceptors (Lipinski definition) is 2. The van der Waals surface area contributed by atoms with E-state index in [0.717, 1.165) is 5.92 Å². The Balaban J connectivity index is 2.24. The van der Waals surface area contributed by atoms with Gasteiger partial charge >= 0.3 is 0 Å². The molecule has 1 aliphatic rings. The third-order valence-electron chi connectivity index (χ3n) is 3.07. The Labute approximate surface area is 93.6 Å². The maximum atomic E-state index is 2.63. The third-order valence-corrected chi connectivity index (χ3v) is 4.18. The minimum Gasteiger partial charge on any atom is -0.303 e. The summed E-state index contributed by atoms with van der Waals surface area (Å²) in [4.78, 5) is 2.63. The van der Waals surface area contributed by atoms with E-state index in [1.807, 2.05) is 0 Å². The molecule has 2 heteroatoms. The van der Waals surface area contributed by atoms with Crippen LogP contribution in [-0.2, 0) is 0 Å². The average Bonchev–Trinajstić information content (AvgIpc) is 2.45. The van der Waals surface area contributed by atoms with E-state index in [2.05, 4.69) is 30.5 Å². The van der Waals surface area contributed by atoms with Crippen molar-refractivity contribution in [1.29, 1.82) is 0 Å². The van der Waals surface area contributed by atoms with Crippen LogP contribution in [0.15, 0.2) is 0 Å². The SMILES string of the molecule is CCCN(CC)CC1CCCSCC1. The van der Waals surface area contributed by atoms with Gasteiger partial charge < -0.3 is 4.90 Å². The molecule has 0 radical (unpaired) electrons. The molecule has 1 rings (SSSR count). The van der Waals surface area contributed by atoms with Gasteiger partial charge in [-0.2, -0.15) is 11.8 Å². The molecule has 1 saturated heterocycles. The van der Waals surface area contributed by atoms with Crippen molar-refractivity contribution in [2.75, 3.05) is 31.1 Å². The van der Waals surface area contributed by atoms with Gasteiger partial charge in [-0.15, -0.1) is 0 Å². The van der Waals surface area contributed by atoms with Gasteiger partial charge in [0.25, 0.3) is 0 Å². The summed E-state index contributed by atoms with van der Waals surface area (Å²) in [6.45, 7) is 8.45. The highest BCUT2D eigenvalue weighted by Crippen LogP contribution is 2.22. The molecule has 0 saturated carbocycles. The van der Waals surface area contributed by atoms with Crippen molar-refractivity contribution in [2.24, 2.45) is 5.92 Å². The molecular weight excluding hydrogens is 190 g/mol. The molecule has 0 aliphatic carbocycles. The van der Waals surface area contributed by atoms with Crippen LogP contribution in [0, 0.1) is 5.92 Å². The standard InChI is InChI=1S/C12H25NS/c1-3-8-13(4-2)11-12-6-5-9-14-10-7-12/h12H,3-11H2,1-2H3. The van der Waals surface area contributed by atoms with Gasteiger partial charge in [0.05, 0.1) is 0 Å². The zero-order valence-electron chi connectivity index (χ0n) is 9.80. The minimum absolute atomic E-state index is 0.983. The summed E-state index contributed by atoms with van der Waals surface area (Å²) in [5.41, 5.74) is 0. The van der Waals surface area contributed by atoms with Crippen molar-refractivity contribution < 1.29 is 0 Å². The lowest BCUT2D eigenvalue weighted by molar-refractivity contribution is 0.232. The van der Waals surface area contributed by atoms with Gasteiger partial charge in [-0.3, -0.25) is 0 Å². The minimum atomic E-state index is 0.983. The first kappa shape index (κ1) is 12.4. The van der Waals surface area contributed by atoms with E-state index in [1.54, 1.807) is 0 Å². The van der Waals surface area contributed by atoms with Gasteiger partial charge in [0.15, 0.2) is 0 Å². The van der Waals surface area contributed by atoms with E-state index in [0.29, 0.717) is 0 Å². The molecule has 1 heterocycles. The maximum absolute atomic E-state index is 2.63. The summed E-state index contributed by atoms with van der Waals surface area (Å²) < 4.78 is 0. The van der Waals surface area contributed by atoms with E-state index in [9.17, 15) is 0 Å². The lowest BCUT2D eigenvalue weighted by Crippen LogP contribution is -2.30. The van der Waals surface area contributed by atoms with Crippen LogP contribution in [0.2, 0.25) is 0 Å². The Morgan fingerprint density at radius 3 is 2.79 bits per heavy atom. The van der Waals surface area contributed by atoms with Crippen LogP contribution in [0.4, 0.5) is 0 Å². The second-order valence-electron chi connectivity index (χ2n) is 4.30. The molecule has 0 aromatic rings. The summed E-state index contributed by atoms with van der Waals surface area (Å²) >= 11 is 2.15. The van der Waals surface area contributed by atoms with Crippen molar-refractivity contribution in [3.8, 4) is 0 Å². The summed E-state index contributed by atoms with van der Waals surface area (Å²) in [6.07, 6.45) is 5.66. The fourth-order valence-electron chi connectivity index (χ4n) is 2.21. The molecule has 0 aromatic heterocycles. The van der Waals surface area contributed by atoms with Gasteiger partial charge in [0, 0.05) is 6.54 Å². The molecule has 0 amide bonds. The van der Waals surface area contributed by atoms with Crippen molar-refractivity contribution in [3.05, 3.63) is 0 Å². The molecule has 0 N–H and O–H groups in total. The molecule has 1 unspecified atom stereocenters. The Morgan fingerprint density at radius 2 is 2.07 bits per heavy atom. The molecule has 0 aromatic carbocycles. The molecule has 0 bridgehead atoms. The third kappa shape index (κ3) is 4.70. The van der Waals surface area contributed by atoms with Gasteiger partial charge in [-0.05, 0) is 56.2 Å². The normalized spacial score (nSPS) is 23.8. The van der Waals surface area contributed by atoms with Crippen LogP contribution in [0.1, 0.15) is 39.5 Å². The van der Waals surface area contributed by atoms with Crippen LogP contribution >= 0.6 is 11.8 Å². The number of thioether (sulfide) groups is 1. The predicted molar refractivity (Wildman–Crippen MR) is 67.1 cm³/mol. The second kappa shape index (κ2) is 7.58. The van der Waals surface area contributed by atoms with Crippen molar-refractivity contribution >= 4 is 11.8 Å². The zero-order chi connectivity index (χ0) is 10.2. The topological polar surface area (TPSA) is 3.24 Å². The number of rotatable bonds is 5.